The quantitative estimate of drug-likeness (QED) is 0.708. The average molecular weight is 199 g/mol. The SMILES string of the molecule is O=CN(C=O)c1cccc2ccccc12. The van der Waals surface area contributed by atoms with Gasteiger partial charge in [-0.3, -0.25) is 14.5 Å². The molecule has 0 saturated heterocycles. The zero-order chi connectivity index (χ0) is 10.7. The highest BCUT2D eigenvalue weighted by Gasteiger charge is 2.06. The van der Waals surface area contributed by atoms with Crippen LogP contribution in [0.4, 0.5) is 5.69 Å². The number of carbonyl (C=O) groups excluding carboxylic acids is 2. The lowest BCUT2D eigenvalue weighted by Crippen LogP contribution is -2.18. The summed E-state index contributed by atoms with van der Waals surface area (Å²) in [5.41, 5.74) is 0.609. The van der Waals surface area contributed by atoms with Gasteiger partial charge in [-0.05, 0) is 11.5 Å². The topological polar surface area (TPSA) is 37.4 Å². The lowest BCUT2D eigenvalue weighted by Gasteiger charge is -2.11. The summed E-state index contributed by atoms with van der Waals surface area (Å²) in [5, 5.41) is 1.89. The lowest BCUT2D eigenvalue weighted by atomic mass is 10.1. The second kappa shape index (κ2) is 3.92. The molecule has 3 nitrogen and oxygen atoms in total. The number of nitrogens with zero attached hydrogens (tertiary/aromatic N) is 1. The lowest BCUT2D eigenvalue weighted by molar-refractivity contribution is -0.113. The number of hydrogen-bond acceptors (Lipinski definition) is 2. The Morgan fingerprint density at radius 2 is 1.53 bits per heavy atom. The smallest absolute Gasteiger partial charge is 0.220 e. The van der Waals surface area contributed by atoms with Crippen LogP contribution in [-0.2, 0) is 9.59 Å². The highest BCUT2D eigenvalue weighted by Crippen LogP contribution is 2.24. The van der Waals surface area contributed by atoms with E-state index in [2.05, 4.69) is 0 Å². The zero-order valence-electron chi connectivity index (χ0n) is 7.96. The molecule has 0 saturated carbocycles. The number of imide groups is 1. The highest BCUT2D eigenvalue weighted by molar-refractivity contribution is 6.06. The molecule has 0 N–H and O–H groups in total. The molecule has 0 fully saturated rings. The molecule has 0 aliphatic rings. The molecule has 74 valence electrons. The number of carbonyl (C=O) groups is 2. The van der Waals surface area contributed by atoms with E-state index in [4.69, 9.17) is 0 Å². The van der Waals surface area contributed by atoms with Gasteiger partial charge in [-0.25, -0.2) is 0 Å². The molecule has 0 bridgehead atoms. The van der Waals surface area contributed by atoms with E-state index in [1.807, 2.05) is 36.4 Å². The van der Waals surface area contributed by atoms with Gasteiger partial charge in [0.25, 0.3) is 0 Å². The van der Waals surface area contributed by atoms with Gasteiger partial charge in [-0.2, -0.15) is 0 Å². The second-order valence-electron chi connectivity index (χ2n) is 3.12. The first kappa shape index (κ1) is 9.40. The number of rotatable bonds is 3. The third-order valence-corrected chi connectivity index (χ3v) is 2.27. The Hall–Kier alpha value is -2.16. The van der Waals surface area contributed by atoms with Gasteiger partial charge >= 0.3 is 0 Å². The van der Waals surface area contributed by atoms with Crippen LogP contribution in [0.2, 0.25) is 0 Å². The summed E-state index contributed by atoms with van der Waals surface area (Å²) in [6, 6.07) is 13.1. The van der Waals surface area contributed by atoms with Crippen LogP contribution >= 0.6 is 0 Å². The Labute approximate surface area is 86.9 Å². The minimum atomic E-state index is 0.509. The van der Waals surface area contributed by atoms with Gasteiger partial charge in [0.1, 0.15) is 0 Å². The molecule has 2 amide bonds. The molecule has 0 radical (unpaired) electrons. The molecule has 0 unspecified atom stereocenters. The summed E-state index contributed by atoms with van der Waals surface area (Å²) in [7, 11) is 0. The summed E-state index contributed by atoms with van der Waals surface area (Å²) in [4.78, 5) is 22.4. The summed E-state index contributed by atoms with van der Waals surface area (Å²) in [6.07, 6.45) is 1.02. The van der Waals surface area contributed by atoms with Crippen LogP contribution in [0.1, 0.15) is 0 Å². The van der Waals surface area contributed by atoms with Gasteiger partial charge < -0.3 is 0 Å². The van der Waals surface area contributed by atoms with Crippen molar-refractivity contribution in [1.82, 2.24) is 0 Å². The predicted octanol–water partition coefficient (Wildman–Crippen LogP) is 1.96. The van der Waals surface area contributed by atoms with Crippen molar-refractivity contribution in [3.63, 3.8) is 0 Å². The number of fused-ring (bicyclic) bond motifs is 1. The monoisotopic (exact) mass is 199 g/mol. The van der Waals surface area contributed by atoms with Crippen molar-refractivity contribution in [1.29, 1.82) is 0 Å². The van der Waals surface area contributed by atoms with Crippen LogP contribution in [0.15, 0.2) is 42.5 Å². The first-order valence-corrected chi connectivity index (χ1v) is 4.53. The molecule has 0 atom stereocenters. The maximum atomic E-state index is 10.7. The molecular formula is C12H9NO2. The van der Waals surface area contributed by atoms with Gasteiger partial charge in [0.2, 0.25) is 12.8 Å². The largest absolute Gasteiger partial charge is 0.278 e. The van der Waals surface area contributed by atoms with E-state index in [-0.39, 0.29) is 0 Å². The van der Waals surface area contributed by atoms with E-state index in [0.717, 1.165) is 15.7 Å². The van der Waals surface area contributed by atoms with Crippen molar-refractivity contribution in [3.8, 4) is 0 Å². The van der Waals surface area contributed by atoms with Crippen molar-refractivity contribution < 1.29 is 9.59 Å². The van der Waals surface area contributed by atoms with Gasteiger partial charge in [0, 0.05) is 5.39 Å². The Morgan fingerprint density at radius 3 is 2.27 bits per heavy atom. The summed E-state index contributed by atoms with van der Waals surface area (Å²) >= 11 is 0. The molecule has 2 aromatic rings. The number of amides is 2. The Bertz CT molecular complexity index is 494. The molecule has 0 spiro atoms. The van der Waals surface area contributed by atoms with E-state index in [9.17, 15) is 9.59 Å². The maximum Gasteiger partial charge on any atom is 0.220 e. The van der Waals surface area contributed by atoms with Gasteiger partial charge in [0.15, 0.2) is 0 Å². The van der Waals surface area contributed by atoms with Crippen LogP contribution in [0, 0.1) is 0 Å². The molecule has 0 aliphatic heterocycles. The van der Waals surface area contributed by atoms with Crippen molar-refractivity contribution in [2.45, 2.75) is 0 Å². The van der Waals surface area contributed by atoms with Crippen LogP contribution in [0.25, 0.3) is 10.8 Å². The van der Waals surface area contributed by atoms with E-state index >= 15 is 0 Å². The fraction of sp³-hybridized carbons (Fsp3) is 0. The third kappa shape index (κ3) is 1.59. The second-order valence-corrected chi connectivity index (χ2v) is 3.12. The molecule has 0 aromatic heterocycles. The fourth-order valence-electron chi connectivity index (χ4n) is 1.57. The van der Waals surface area contributed by atoms with E-state index in [0.29, 0.717) is 18.5 Å². The van der Waals surface area contributed by atoms with Crippen molar-refractivity contribution in [2.24, 2.45) is 0 Å². The first-order valence-electron chi connectivity index (χ1n) is 4.53. The van der Waals surface area contributed by atoms with Crippen LogP contribution in [0.5, 0.6) is 0 Å². The Kier molecular flexibility index (Phi) is 2.46. The maximum absolute atomic E-state index is 10.7. The zero-order valence-corrected chi connectivity index (χ0v) is 7.96. The third-order valence-electron chi connectivity index (χ3n) is 2.27. The Morgan fingerprint density at radius 1 is 0.867 bits per heavy atom. The molecular weight excluding hydrogens is 190 g/mol. The van der Waals surface area contributed by atoms with Crippen LogP contribution < -0.4 is 4.90 Å². The Balaban J connectivity index is 2.69. The summed E-state index contributed by atoms with van der Waals surface area (Å²) in [5.74, 6) is 0. The molecule has 3 heteroatoms. The first-order chi connectivity index (χ1) is 7.36. The minimum absolute atomic E-state index is 0.509. The highest BCUT2D eigenvalue weighted by atomic mass is 16.2. The van der Waals surface area contributed by atoms with Crippen LogP contribution in [-0.4, -0.2) is 12.8 Å². The molecule has 0 heterocycles. The molecule has 2 aromatic carbocycles. The predicted molar refractivity (Wildman–Crippen MR) is 58.6 cm³/mol. The van der Waals surface area contributed by atoms with Crippen molar-refractivity contribution >= 4 is 29.3 Å². The normalized spacial score (nSPS) is 9.87. The molecule has 0 aliphatic carbocycles. The standard InChI is InChI=1S/C12H9NO2/c14-8-13(9-15)12-7-3-5-10-4-1-2-6-11(10)12/h1-9H. The van der Waals surface area contributed by atoms with E-state index in [1.54, 1.807) is 6.07 Å². The van der Waals surface area contributed by atoms with Gasteiger partial charge in [-0.15, -0.1) is 0 Å². The van der Waals surface area contributed by atoms with Gasteiger partial charge in [0.05, 0.1) is 5.69 Å². The fourth-order valence-corrected chi connectivity index (χ4v) is 1.57. The number of hydrogen-bond donors (Lipinski definition) is 0. The molecule has 15 heavy (non-hydrogen) atoms. The van der Waals surface area contributed by atoms with E-state index in [1.165, 1.54) is 0 Å². The summed E-state index contributed by atoms with van der Waals surface area (Å²) < 4.78 is 0. The van der Waals surface area contributed by atoms with E-state index < -0.39 is 0 Å². The number of benzene rings is 2. The van der Waals surface area contributed by atoms with Crippen LogP contribution in [0.3, 0.4) is 0 Å². The average Bonchev–Trinajstić information content (AvgIpc) is 2.31. The van der Waals surface area contributed by atoms with Crippen molar-refractivity contribution in [2.75, 3.05) is 4.90 Å². The molecule has 2 rings (SSSR count). The summed E-state index contributed by atoms with van der Waals surface area (Å²) in [6.45, 7) is 0. The van der Waals surface area contributed by atoms with Crippen molar-refractivity contribution in [3.05, 3.63) is 42.5 Å². The minimum Gasteiger partial charge on any atom is -0.278 e. The van der Waals surface area contributed by atoms with Gasteiger partial charge in [-0.1, -0.05) is 36.4 Å². The number of anilines is 1.